The van der Waals surface area contributed by atoms with Gasteiger partial charge in [0.25, 0.3) is 0 Å². The molecule has 2 rings (SSSR count). The van der Waals surface area contributed by atoms with Gasteiger partial charge >= 0.3 is 0 Å². The Bertz CT molecular complexity index is 626. The summed E-state index contributed by atoms with van der Waals surface area (Å²) in [5.74, 6) is 1.21. The van der Waals surface area contributed by atoms with Crippen molar-refractivity contribution in [2.45, 2.75) is 33.6 Å². The van der Waals surface area contributed by atoms with Gasteiger partial charge in [0.1, 0.15) is 6.61 Å². The van der Waals surface area contributed by atoms with Gasteiger partial charge in [-0.05, 0) is 53.5 Å². The number of aromatic nitrogens is 2. The van der Waals surface area contributed by atoms with Crippen molar-refractivity contribution in [3.63, 3.8) is 0 Å². The van der Waals surface area contributed by atoms with Crippen LogP contribution in [0.1, 0.15) is 23.9 Å². The first kappa shape index (κ1) is 15.9. The van der Waals surface area contributed by atoms with E-state index in [0.717, 1.165) is 28.0 Å². The number of aliphatic hydroxyl groups excluding tert-OH is 1. The largest absolute Gasteiger partial charge is 0.493 e. The quantitative estimate of drug-likeness (QED) is 0.865. The maximum atomic E-state index is 9.22. The summed E-state index contributed by atoms with van der Waals surface area (Å²) in [6, 6.07) is 5.59. The minimum absolute atomic E-state index is 0.0446. The summed E-state index contributed by atoms with van der Waals surface area (Å²) >= 11 is 3.46. The van der Waals surface area contributed by atoms with E-state index < -0.39 is 0 Å². The molecule has 0 atom stereocenters. The van der Waals surface area contributed by atoms with Crippen molar-refractivity contribution in [2.24, 2.45) is 0 Å². The zero-order chi connectivity index (χ0) is 15.4. The highest BCUT2D eigenvalue weighted by Gasteiger charge is 2.13. The molecule has 0 saturated heterocycles. The third kappa shape index (κ3) is 3.57. The van der Waals surface area contributed by atoms with Crippen molar-refractivity contribution in [3.05, 3.63) is 39.6 Å². The molecule has 0 spiro atoms. The predicted molar refractivity (Wildman–Crippen MR) is 83.6 cm³/mol. The van der Waals surface area contributed by atoms with Crippen molar-refractivity contribution in [1.29, 1.82) is 0 Å². The normalized spacial score (nSPS) is 10.7. The summed E-state index contributed by atoms with van der Waals surface area (Å²) in [4.78, 5) is 0. The molecular weight excluding hydrogens is 336 g/mol. The number of benzene rings is 1. The molecule has 6 heteroatoms. The van der Waals surface area contributed by atoms with Crippen LogP contribution in [-0.4, -0.2) is 22.0 Å². The second kappa shape index (κ2) is 6.95. The number of hydrogen-bond donors (Lipinski definition) is 1. The van der Waals surface area contributed by atoms with Gasteiger partial charge in [-0.25, -0.2) is 0 Å². The number of aryl methyl sites for hydroxylation is 2. The topological polar surface area (TPSA) is 56.5 Å². The van der Waals surface area contributed by atoms with Crippen LogP contribution in [-0.2, 0) is 19.8 Å². The van der Waals surface area contributed by atoms with Crippen LogP contribution >= 0.6 is 15.9 Å². The third-order valence-electron chi connectivity index (χ3n) is 3.12. The Labute approximate surface area is 132 Å². The molecule has 0 bridgehead atoms. The van der Waals surface area contributed by atoms with Crippen molar-refractivity contribution >= 4 is 15.9 Å². The first-order valence-corrected chi connectivity index (χ1v) is 7.51. The van der Waals surface area contributed by atoms with Gasteiger partial charge < -0.3 is 14.6 Å². The van der Waals surface area contributed by atoms with E-state index in [2.05, 4.69) is 21.0 Å². The van der Waals surface area contributed by atoms with Crippen LogP contribution in [0.4, 0.5) is 0 Å². The standard InChI is InChI=1S/C15H19BrN2O3/c1-4-18-12(5-10(2)17-18)9-21-15-13(16)6-11(8-19)7-14(15)20-3/h5-7,19H,4,8-9H2,1-3H3. The highest BCUT2D eigenvalue weighted by molar-refractivity contribution is 9.10. The summed E-state index contributed by atoms with van der Waals surface area (Å²) < 4.78 is 13.9. The number of nitrogens with zero attached hydrogens (tertiary/aromatic N) is 2. The average molecular weight is 355 g/mol. The molecule has 2 aromatic rings. The van der Waals surface area contributed by atoms with Crippen molar-refractivity contribution in [3.8, 4) is 11.5 Å². The molecule has 0 amide bonds. The molecule has 114 valence electrons. The first-order valence-electron chi connectivity index (χ1n) is 6.72. The molecule has 0 unspecified atom stereocenters. The van der Waals surface area contributed by atoms with E-state index in [1.165, 1.54) is 0 Å². The molecule has 1 heterocycles. The fourth-order valence-electron chi connectivity index (χ4n) is 2.14. The number of rotatable bonds is 6. The van der Waals surface area contributed by atoms with Gasteiger partial charge in [0, 0.05) is 6.54 Å². The SMILES string of the molecule is CCn1nc(C)cc1COc1c(Br)cc(CO)cc1OC. The van der Waals surface area contributed by atoms with Crippen LogP contribution < -0.4 is 9.47 Å². The lowest BCUT2D eigenvalue weighted by Gasteiger charge is -2.14. The van der Waals surface area contributed by atoms with E-state index in [-0.39, 0.29) is 6.61 Å². The summed E-state index contributed by atoms with van der Waals surface area (Å²) in [6.45, 7) is 5.16. The lowest BCUT2D eigenvalue weighted by molar-refractivity contribution is 0.267. The van der Waals surface area contributed by atoms with E-state index >= 15 is 0 Å². The number of aliphatic hydroxyl groups is 1. The summed E-state index contributed by atoms with van der Waals surface area (Å²) in [7, 11) is 1.58. The molecule has 0 aliphatic heterocycles. The molecular formula is C15H19BrN2O3. The lowest BCUT2D eigenvalue weighted by atomic mass is 10.2. The van der Waals surface area contributed by atoms with E-state index in [9.17, 15) is 5.11 Å². The van der Waals surface area contributed by atoms with E-state index in [4.69, 9.17) is 9.47 Å². The maximum absolute atomic E-state index is 9.22. The Kier molecular flexibility index (Phi) is 5.25. The monoisotopic (exact) mass is 354 g/mol. The Hall–Kier alpha value is -1.53. The molecule has 21 heavy (non-hydrogen) atoms. The van der Waals surface area contributed by atoms with Crippen molar-refractivity contribution in [1.82, 2.24) is 9.78 Å². The number of methoxy groups -OCH3 is 1. The number of hydrogen-bond acceptors (Lipinski definition) is 4. The maximum Gasteiger partial charge on any atom is 0.175 e. The van der Waals surface area contributed by atoms with Gasteiger partial charge in [-0.3, -0.25) is 4.68 Å². The van der Waals surface area contributed by atoms with Crippen LogP contribution in [0.3, 0.4) is 0 Å². The summed E-state index contributed by atoms with van der Waals surface area (Å²) in [6.07, 6.45) is 0. The third-order valence-corrected chi connectivity index (χ3v) is 3.71. The van der Waals surface area contributed by atoms with Crippen molar-refractivity contribution in [2.75, 3.05) is 7.11 Å². The molecule has 0 fully saturated rings. The lowest BCUT2D eigenvalue weighted by Crippen LogP contribution is -2.07. The number of halogens is 1. The molecule has 1 aromatic heterocycles. The first-order chi connectivity index (χ1) is 10.1. The van der Waals surface area contributed by atoms with Gasteiger partial charge in [0.15, 0.2) is 11.5 Å². The van der Waals surface area contributed by atoms with Crippen LogP contribution in [0.15, 0.2) is 22.7 Å². The molecule has 0 aliphatic carbocycles. The molecule has 0 saturated carbocycles. The van der Waals surface area contributed by atoms with Crippen molar-refractivity contribution < 1.29 is 14.6 Å². The zero-order valence-electron chi connectivity index (χ0n) is 12.4. The second-order valence-corrected chi connectivity index (χ2v) is 5.50. The van der Waals surface area contributed by atoms with Crippen LogP contribution in [0, 0.1) is 6.92 Å². The van der Waals surface area contributed by atoms with Crippen LogP contribution in [0.5, 0.6) is 11.5 Å². The smallest absolute Gasteiger partial charge is 0.175 e. The minimum Gasteiger partial charge on any atom is -0.493 e. The number of ether oxygens (including phenoxy) is 2. The Morgan fingerprint density at radius 1 is 1.33 bits per heavy atom. The highest BCUT2D eigenvalue weighted by Crippen LogP contribution is 2.37. The Morgan fingerprint density at radius 2 is 2.10 bits per heavy atom. The van der Waals surface area contributed by atoms with Crippen LogP contribution in [0.25, 0.3) is 0 Å². The van der Waals surface area contributed by atoms with Gasteiger partial charge in [0.05, 0.1) is 29.6 Å². The predicted octanol–water partition coefficient (Wildman–Crippen LogP) is 3.05. The molecule has 1 aromatic carbocycles. The molecule has 5 nitrogen and oxygen atoms in total. The van der Waals surface area contributed by atoms with Gasteiger partial charge in [-0.15, -0.1) is 0 Å². The second-order valence-electron chi connectivity index (χ2n) is 4.65. The fraction of sp³-hybridized carbons (Fsp3) is 0.400. The highest BCUT2D eigenvalue weighted by atomic mass is 79.9. The van der Waals surface area contributed by atoms with Gasteiger partial charge in [-0.2, -0.15) is 5.10 Å². The molecule has 1 N–H and O–H groups in total. The summed E-state index contributed by atoms with van der Waals surface area (Å²) in [5, 5.41) is 13.6. The van der Waals surface area contributed by atoms with E-state index in [1.807, 2.05) is 30.7 Å². The fourth-order valence-corrected chi connectivity index (χ4v) is 2.74. The Balaban J connectivity index is 2.23. The Morgan fingerprint density at radius 3 is 2.71 bits per heavy atom. The molecule has 0 radical (unpaired) electrons. The zero-order valence-corrected chi connectivity index (χ0v) is 14.0. The van der Waals surface area contributed by atoms with Crippen LogP contribution in [0.2, 0.25) is 0 Å². The van der Waals surface area contributed by atoms with E-state index in [1.54, 1.807) is 13.2 Å². The van der Waals surface area contributed by atoms with Gasteiger partial charge in [0.2, 0.25) is 0 Å². The summed E-state index contributed by atoms with van der Waals surface area (Å²) in [5.41, 5.74) is 2.74. The van der Waals surface area contributed by atoms with Gasteiger partial charge in [-0.1, -0.05) is 0 Å². The minimum atomic E-state index is -0.0446. The molecule has 0 aliphatic rings. The van der Waals surface area contributed by atoms with E-state index in [0.29, 0.717) is 18.1 Å². The average Bonchev–Trinajstić information content (AvgIpc) is 2.85.